The van der Waals surface area contributed by atoms with Gasteiger partial charge in [-0.15, -0.1) is 0 Å². The molecule has 2 heterocycles. The monoisotopic (exact) mass is 377 g/mol. The molecule has 0 saturated carbocycles. The lowest BCUT2D eigenvalue weighted by atomic mass is 9.98. The lowest BCUT2D eigenvalue weighted by Gasteiger charge is -2.24. The van der Waals surface area contributed by atoms with Crippen molar-refractivity contribution in [2.24, 2.45) is 5.92 Å². The number of carbonyl (C=O) groups excluding carboxylic acids is 2. The largest absolute Gasteiger partial charge is 0.332 e. The number of hydrogen-bond donors (Lipinski definition) is 0. The van der Waals surface area contributed by atoms with Gasteiger partial charge >= 0.3 is 0 Å². The molecule has 0 spiro atoms. The fourth-order valence-corrected chi connectivity index (χ4v) is 5.91. The third-order valence-corrected chi connectivity index (χ3v) is 7.60. The molecule has 0 N–H and O–H groups in total. The summed E-state index contributed by atoms with van der Waals surface area (Å²) in [5.41, 5.74) is 2.89. The SMILES string of the molecule is Cc1ccc(C(=O)C2CCCN2C(=O)CCC2CCS(=O)(=O)C2)cc1C. The van der Waals surface area contributed by atoms with E-state index in [1.54, 1.807) is 4.90 Å². The van der Waals surface area contributed by atoms with Crippen molar-refractivity contribution in [1.82, 2.24) is 4.90 Å². The van der Waals surface area contributed by atoms with Gasteiger partial charge in [0.2, 0.25) is 5.91 Å². The quantitative estimate of drug-likeness (QED) is 0.740. The van der Waals surface area contributed by atoms with E-state index in [0.29, 0.717) is 37.8 Å². The molecule has 1 aromatic rings. The van der Waals surface area contributed by atoms with Crippen molar-refractivity contribution >= 4 is 21.5 Å². The molecule has 0 aromatic heterocycles. The average Bonchev–Trinajstić information content (AvgIpc) is 3.21. The zero-order valence-electron chi connectivity index (χ0n) is 15.5. The molecular weight excluding hydrogens is 350 g/mol. The molecule has 2 atom stereocenters. The Balaban J connectivity index is 1.62. The molecule has 142 valence electrons. The first-order valence-corrected chi connectivity index (χ1v) is 11.2. The standard InChI is InChI=1S/C20H27NO4S/c1-14-5-7-17(12-15(14)2)20(23)18-4-3-10-21(18)19(22)8-6-16-9-11-26(24,25)13-16/h5,7,12,16,18H,3-4,6,8-11,13H2,1-2H3. The minimum atomic E-state index is -2.91. The van der Waals surface area contributed by atoms with Gasteiger partial charge in [-0.1, -0.05) is 12.1 Å². The van der Waals surface area contributed by atoms with Gasteiger partial charge in [0.05, 0.1) is 17.5 Å². The molecule has 5 nitrogen and oxygen atoms in total. The number of sulfone groups is 1. The summed E-state index contributed by atoms with van der Waals surface area (Å²) >= 11 is 0. The van der Waals surface area contributed by atoms with E-state index in [2.05, 4.69) is 0 Å². The molecule has 1 aromatic carbocycles. The molecule has 26 heavy (non-hydrogen) atoms. The maximum atomic E-state index is 12.9. The summed E-state index contributed by atoms with van der Waals surface area (Å²) in [6.45, 7) is 4.61. The Morgan fingerprint density at radius 2 is 1.92 bits per heavy atom. The van der Waals surface area contributed by atoms with Crippen molar-refractivity contribution in [2.45, 2.75) is 52.0 Å². The van der Waals surface area contributed by atoms with Crippen LogP contribution in [0.4, 0.5) is 0 Å². The molecule has 1 amide bonds. The van der Waals surface area contributed by atoms with E-state index in [-0.39, 0.29) is 35.2 Å². The Kier molecular flexibility index (Phi) is 5.51. The first kappa shape index (κ1) is 19.1. The number of Topliss-reactive ketones (excluding diaryl/α,β-unsaturated/α-hetero) is 1. The number of ketones is 1. The first-order valence-electron chi connectivity index (χ1n) is 9.38. The van der Waals surface area contributed by atoms with Crippen LogP contribution in [0.1, 0.15) is 53.6 Å². The van der Waals surface area contributed by atoms with Gasteiger partial charge in [-0.2, -0.15) is 0 Å². The smallest absolute Gasteiger partial charge is 0.223 e. The number of amides is 1. The zero-order chi connectivity index (χ0) is 18.9. The summed E-state index contributed by atoms with van der Waals surface area (Å²) < 4.78 is 23.1. The van der Waals surface area contributed by atoms with Crippen molar-refractivity contribution < 1.29 is 18.0 Å². The van der Waals surface area contributed by atoms with Crippen molar-refractivity contribution in [2.75, 3.05) is 18.1 Å². The number of nitrogens with zero attached hydrogens (tertiary/aromatic N) is 1. The summed E-state index contributed by atoms with van der Waals surface area (Å²) in [5.74, 6) is 0.520. The van der Waals surface area contributed by atoms with Gasteiger partial charge in [-0.05, 0) is 62.6 Å². The highest BCUT2D eigenvalue weighted by Crippen LogP contribution is 2.26. The highest BCUT2D eigenvalue weighted by Gasteiger charge is 2.35. The van der Waals surface area contributed by atoms with Gasteiger partial charge in [0.25, 0.3) is 0 Å². The van der Waals surface area contributed by atoms with E-state index in [1.165, 1.54) is 0 Å². The summed E-state index contributed by atoms with van der Waals surface area (Å²) in [6.07, 6.45) is 3.12. The van der Waals surface area contributed by atoms with Gasteiger partial charge in [-0.3, -0.25) is 9.59 Å². The number of aryl methyl sites for hydroxylation is 2. The van der Waals surface area contributed by atoms with Crippen LogP contribution in [0, 0.1) is 19.8 Å². The molecule has 2 fully saturated rings. The second kappa shape index (κ2) is 7.51. The molecule has 0 bridgehead atoms. The van der Waals surface area contributed by atoms with Crippen LogP contribution in [0.3, 0.4) is 0 Å². The minimum Gasteiger partial charge on any atom is -0.332 e. The van der Waals surface area contributed by atoms with Crippen LogP contribution in [0.25, 0.3) is 0 Å². The first-order chi connectivity index (χ1) is 12.3. The zero-order valence-corrected chi connectivity index (χ0v) is 16.3. The Morgan fingerprint density at radius 3 is 2.58 bits per heavy atom. The van der Waals surface area contributed by atoms with E-state index in [0.717, 1.165) is 17.5 Å². The van der Waals surface area contributed by atoms with E-state index < -0.39 is 9.84 Å². The summed E-state index contributed by atoms with van der Waals surface area (Å²) in [6, 6.07) is 5.32. The number of likely N-dealkylation sites (tertiary alicyclic amines) is 1. The third kappa shape index (κ3) is 4.17. The fraction of sp³-hybridized carbons (Fsp3) is 0.600. The molecule has 3 rings (SSSR count). The van der Waals surface area contributed by atoms with Gasteiger partial charge in [0.1, 0.15) is 0 Å². The second-order valence-electron chi connectivity index (χ2n) is 7.72. The van der Waals surface area contributed by atoms with Crippen LogP contribution in [0.5, 0.6) is 0 Å². The van der Waals surface area contributed by atoms with Crippen LogP contribution < -0.4 is 0 Å². The maximum Gasteiger partial charge on any atom is 0.223 e. The predicted octanol–water partition coefficient (Wildman–Crippen LogP) is 2.69. The normalized spacial score (nSPS) is 24.8. The highest BCUT2D eigenvalue weighted by atomic mass is 32.2. The topological polar surface area (TPSA) is 71.5 Å². The maximum absolute atomic E-state index is 12.9. The van der Waals surface area contributed by atoms with Crippen LogP contribution in [0.15, 0.2) is 18.2 Å². The van der Waals surface area contributed by atoms with E-state index >= 15 is 0 Å². The lowest BCUT2D eigenvalue weighted by molar-refractivity contribution is -0.131. The van der Waals surface area contributed by atoms with Crippen LogP contribution in [-0.2, 0) is 14.6 Å². The second-order valence-corrected chi connectivity index (χ2v) is 9.94. The molecule has 2 aliphatic heterocycles. The third-order valence-electron chi connectivity index (χ3n) is 5.76. The lowest BCUT2D eigenvalue weighted by Crippen LogP contribution is -2.40. The molecule has 2 aliphatic rings. The Bertz CT molecular complexity index is 815. The van der Waals surface area contributed by atoms with Crippen molar-refractivity contribution in [3.8, 4) is 0 Å². The van der Waals surface area contributed by atoms with E-state index in [4.69, 9.17) is 0 Å². The summed E-state index contributed by atoms with van der Waals surface area (Å²) in [7, 11) is -2.91. The van der Waals surface area contributed by atoms with E-state index in [1.807, 2.05) is 32.0 Å². The van der Waals surface area contributed by atoms with Gasteiger partial charge in [0.15, 0.2) is 15.6 Å². The van der Waals surface area contributed by atoms with Gasteiger partial charge < -0.3 is 4.90 Å². The molecular formula is C20H27NO4S. The van der Waals surface area contributed by atoms with Crippen molar-refractivity contribution in [3.05, 3.63) is 34.9 Å². The van der Waals surface area contributed by atoms with Crippen LogP contribution in [0.2, 0.25) is 0 Å². The summed E-state index contributed by atoms with van der Waals surface area (Å²) in [4.78, 5) is 27.3. The molecule has 0 radical (unpaired) electrons. The molecule has 2 saturated heterocycles. The fourth-order valence-electron chi connectivity index (χ4n) is 4.00. The number of hydrogen-bond acceptors (Lipinski definition) is 4. The number of rotatable bonds is 5. The highest BCUT2D eigenvalue weighted by molar-refractivity contribution is 7.91. The van der Waals surface area contributed by atoms with Gasteiger partial charge in [0, 0.05) is 18.5 Å². The number of carbonyl (C=O) groups is 2. The molecule has 6 heteroatoms. The molecule has 0 aliphatic carbocycles. The predicted molar refractivity (Wildman–Crippen MR) is 101 cm³/mol. The summed E-state index contributed by atoms with van der Waals surface area (Å²) in [5, 5.41) is 0. The van der Waals surface area contributed by atoms with Crippen LogP contribution >= 0.6 is 0 Å². The Hall–Kier alpha value is -1.69. The Labute approximate surface area is 155 Å². The molecule has 2 unspecified atom stereocenters. The Morgan fingerprint density at radius 1 is 1.15 bits per heavy atom. The van der Waals surface area contributed by atoms with E-state index in [9.17, 15) is 18.0 Å². The minimum absolute atomic E-state index is 0.0161. The van der Waals surface area contributed by atoms with Crippen LogP contribution in [-0.4, -0.2) is 49.1 Å². The van der Waals surface area contributed by atoms with Crippen molar-refractivity contribution in [1.29, 1.82) is 0 Å². The number of benzene rings is 1. The average molecular weight is 378 g/mol. The van der Waals surface area contributed by atoms with Crippen molar-refractivity contribution in [3.63, 3.8) is 0 Å². The van der Waals surface area contributed by atoms with Gasteiger partial charge in [-0.25, -0.2) is 8.42 Å².